The minimum absolute atomic E-state index is 0.336. The molecule has 1 heterocycles. The zero-order valence-corrected chi connectivity index (χ0v) is 10.9. The SMILES string of the molecule is CC(Cc1cc2ccccc2[nH]1)CC(O)C(C)O. The minimum Gasteiger partial charge on any atom is -0.391 e. The van der Waals surface area contributed by atoms with E-state index in [2.05, 4.69) is 30.1 Å². The summed E-state index contributed by atoms with van der Waals surface area (Å²) in [6, 6.07) is 10.4. The number of fused-ring (bicyclic) bond motifs is 1. The van der Waals surface area contributed by atoms with Crippen molar-refractivity contribution in [3.8, 4) is 0 Å². The van der Waals surface area contributed by atoms with E-state index >= 15 is 0 Å². The molecular weight excluding hydrogens is 226 g/mol. The smallest absolute Gasteiger partial charge is 0.0799 e. The Morgan fingerprint density at radius 3 is 2.56 bits per heavy atom. The summed E-state index contributed by atoms with van der Waals surface area (Å²) in [5.74, 6) is 0.336. The molecule has 3 N–H and O–H groups in total. The third kappa shape index (κ3) is 3.12. The Morgan fingerprint density at radius 2 is 1.89 bits per heavy atom. The molecule has 3 heteroatoms. The van der Waals surface area contributed by atoms with Gasteiger partial charge in [0.05, 0.1) is 12.2 Å². The molecule has 18 heavy (non-hydrogen) atoms. The van der Waals surface area contributed by atoms with Gasteiger partial charge >= 0.3 is 0 Å². The number of hydrogen-bond donors (Lipinski definition) is 3. The summed E-state index contributed by atoms with van der Waals surface area (Å²) >= 11 is 0. The fourth-order valence-corrected chi connectivity index (χ4v) is 2.31. The number of hydrogen-bond acceptors (Lipinski definition) is 2. The highest BCUT2D eigenvalue weighted by Crippen LogP contribution is 2.19. The van der Waals surface area contributed by atoms with Crippen LogP contribution >= 0.6 is 0 Å². The van der Waals surface area contributed by atoms with Crippen LogP contribution in [0.5, 0.6) is 0 Å². The summed E-state index contributed by atoms with van der Waals surface area (Å²) in [4.78, 5) is 3.38. The standard InChI is InChI=1S/C15H21NO2/c1-10(8-15(18)11(2)17)7-13-9-12-5-3-4-6-14(12)16-13/h3-6,9-11,15-18H,7-8H2,1-2H3. The molecule has 0 aliphatic heterocycles. The van der Waals surface area contributed by atoms with Crippen molar-refractivity contribution in [2.45, 2.75) is 38.9 Å². The fraction of sp³-hybridized carbons (Fsp3) is 0.467. The lowest BCUT2D eigenvalue weighted by atomic mass is 9.96. The monoisotopic (exact) mass is 247 g/mol. The van der Waals surface area contributed by atoms with Crippen LogP contribution < -0.4 is 0 Å². The molecule has 0 aliphatic carbocycles. The Bertz CT molecular complexity index is 471. The van der Waals surface area contributed by atoms with E-state index in [0.29, 0.717) is 12.3 Å². The lowest BCUT2D eigenvalue weighted by molar-refractivity contribution is 0.0173. The van der Waals surface area contributed by atoms with Crippen molar-refractivity contribution >= 4 is 10.9 Å². The van der Waals surface area contributed by atoms with E-state index in [1.165, 1.54) is 11.1 Å². The maximum absolute atomic E-state index is 9.65. The first-order valence-corrected chi connectivity index (χ1v) is 6.49. The zero-order chi connectivity index (χ0) is 13.1. The molecule has 0 amide bonds. The molecule has 0 aliphatic rings. The zero-order valence-electron chi connectivity index (χ0n) is 10.9. The largest absolute Gasteiger partial charge is 0.391 e. The first-order valence-electron chi connectivity index (χ1n) is 6.49. The topological polar surface area (TPSA) is 56.2 Å². The van der Waals surface area contributed by atoms with Crippen LogP contribution in [0.15, 0.2) is 30.3 Å². The van der Waals surface area contributed by atoms with Gasteiger partial charge in [-0.2, -0.15) is 0 Å². The summed E-state index contributed by atoms with van der Waals surface area (Å²) < 4.78 is 0. The van der Waals surface area contributed by atoms with Crippen molar-refractivity contribution in [3.05, 3.63) is 36.0 Å². The van der Waals surface area contributed by atoms with E-state index in [0.717, 1.165) is 11.9 Å². The summed E-state index contributed by atoms with van der Waals surface area (Å²) in [5, 5.41) is 20.2. The van der Waals surface area contributed by atoms with Crippen molar-refractivity contribution in [1.82, 2.24) is 4.98 Å². The van der Waals surface area contributed by atoms with Crippen molar-refractivity contribution in [3.63, 3.8) is 0 Å². The number of aromatic nitrogens is 1. The molecule has 3 unspecified atom stereocenters. The quantitative estimate of drug-likeness (QED) is 0.760. The lowest BCUT2D eigenvalue weighted by Crippen LogP contribution is -2.25. The number of aliphatic hydroxyl groups excluding tert-OH is 2. The predicted molar refractivity (Wildman–Crippen MR) is 73.5 cm³/mol. The van der Waals surface area contributed by atoms with Gasteiger partial charge in [-0.3, -0.25) is 0 Å². The van der Waals surface area contributed by atoms with E-state index in [9.17, 15) is 10.2 Å². The molecular formula is C15H21NO2. The second kappa shape index (κ2) is 5.55. The molecule has 2 rings (SSSR count). The third-order valence-corrected chi connectivity index (χ3v) is 3.35. The number of H-pyrrole nitrogens is 1. The number of aromatic amines is 1. The summed E-state index contributed by atoms with van der Waals surface area (Å²) in [5.41, 5.74) is 2.33. The summed E-state index contributed by atoms with van der Waals surface area (Å²) in [7, 11) is 0. The number of nitrogens with one attached hydrogen (secondary N) is 1. The van der Waals surface area contributed by atoms with Crippen molar-refractivity contribution in [2.75, 3.05) is 0 Å². The van der Waals surface area contributed by atoms with E-state index in [1.54, 1.807) is 6.92 Å². The number of rotatable bonds is 5. The Labute approximate surface area is 107 Å². The maximum Gasteiger partial charge on any atom is 0.0799 e. The van der Waals surface area contributed by atoms with Gasteiger partial charge in [-0.05, 0) is 43.2 Å². The van der Waals surface area contributed by atoms with Gasteiger partial charge in [0.1, 0.15) is 0 Å². The second-order valence-corrected chi connectivity index (χ2v) is 5.23. The maximum atomic E-state index is 9.65. The molecule has 0 bridgehead atoms. The Kier molecular flexibility index (Phi) is 4.04. The highest BCUT2D eigenvalue weighted by molar-refractivity contribution is 5.80. The van der Waals surface area contributed by atoms with Crippen molar-refractivity contribution in [1.29, 1.82) is 0 Å². The van der Waals surface area contributed by atoms with Gasteiger partial charge in [0.15, 0.2) is 0 Å². The predicted octanol–water partition coefficient (Wildman–Crippen LogP) is 2.48. The number of aliphatic hydroxyl groups is 2. The Morgan fingerprint density at radius 1 is 1.17 bits per heavy atom. The van der Waals surface area contributed by atoms with Gasteiger partial charge in [-0.25, -0.2) is 0 Å². The van der Waals surface area contributed by atoms with Crippen LogP contribution in [-0.4, -0.2) is 27.4 Å². The van der Waals surface area contributed by atoms with Crippen LogP contribution in [-0.2, 0) is 6.42 Å². The lowest BCUT2D eigenvalue weighted by Gasteiger charge is -2.18. The fourth-order valence-electron chi connectivity index (χ4n) is 2.31. The Hall–Kier alpha value is -1.32. The molecule has 3 nitrogen and oxygen atoms in total. The van der Waals surface area contributed by atoms with Crippen LogP contribution in [0.25, 0.3) is 10.9 Å². The number of benzene rings is 1. The van der Waals surface area contributed by atoms with Gasteiger partial charge in [0, 0.05) is 11.2 Å². The normalized spacial score (nSPS) is 16.7. The van der Waals surface area contributed by atoms with Crippen LogP contribution in [0.4, 0.5) is 0 Å². The minimum atomic E-state index is -0.657. The molecule has 2 aromatic rings. The summed E-state index contributed by atoms with van der Waals surface area (Å²) in [6.45, 7) is 3.72. The van der Waals surface area contributed by atoms with Crippen molar-refractivity contribution in [2.24, 2.45) is 5.92 Å². The van der Waals surface area contributed by atoms with E-state index in [-0.39, 0.29) is 0 Å². The van der Waals surface area contributed by atoms with Crippen LogP contribution in [0.1, 0.15) is 26.0 Å². The molecule has 3 atom stereocenters. The molecule has 1 aromatic carbocycles. The second-order valence-electron chi connectivity index (χ2n) is 5.23. The van der Waals surface area contributed by atoms with Crippen molar-refractivity contribution < 1.29 is 10.2 Å². The van der Waals surface area contributed by atoms with E-state index in [4.69, 9.17) is 0 Å². The summed E-state index contributed by atoms with van der Waals surface area (Å²) in [6.07, 6.45) is 0.213. The van der Waals surface area contributed by atoms with Gasteiger partial charge < -0.3 is 15.2 Å². The molecule has 0 saturated carbocycles. The highest BCUT2D eigenvalue weighted by atomic mass is 16.3. The number of para-hydroxylation sites is 1. The van der Waals surface area contributed by atoms with Crippen LogP contribution in [0.3, 0.4) is 0 Å². The average Bonchev–Trinajstić information content (AvgIpc) is 2.70. The van der Waals surface area contributed by atoms with Gasteiger partial charge in [0.25, 0.3) is 0 Å². The van der Waals surface area contributed by atoms with Crippen LogP contribution in [0, 0.1) is 5.92 Å². The molecule has 0 spiro atoms. The average molecular weight is 247 g/mol. The first-order chi connectivity index (χ1) is 8.56. The Balaban J connectivity index is 2.00. The molecule has 0 fully saturated rings. The first kappa shape index (κ1) is 13.1. The molecule has 0 radical (unpaired) electrons. The van der Waals surface area contributed by atoms with Gasteiger partial charge in [-0.15, -0.1) is 0 Å². The van der Waals surface area contributed by atoms with Gasteiger partial charge in [-0.1, -0.05) is 25.1 Å². The molecule has 1 aromatic heterocycles. The molecule has 98 valence electrons. The highest BCUT2D eigenvalue weighted by Gasteiger charge is 2.16. The molecule has 0 saturated heterocycles. The van der Waals surface area contributed by atoms with Gasteiger partial charge in [0.2, 0.25) is 0 Å². The van der Waals surface area contributed by atoms with Crippen LogP contribution in [0.2, 0.25) is 0 Å². The van der Waals surface area contributed by atoms with E-state index < -0.39 is 12.2 Å². The third-order valence-electron chi connectivity index (χ3n) is 3.35. The van der Waals surface area contributed by atoms with E-state index in [1.807, 2.05) is 12.1 Å².